The van der Waals surface area contributed by atoms with Crippen molar-refractivity contribution in [2.75, 3.05) is 0 Å². The van der Waals surface area contributed by atoms with Crippen LogP contribution in [0.15, 0.2) is 12.1 Å². The first-order valence-corrected chi connectivity index (χ1v) is 5.29. The number of carboxylic acid groups (broad SMARTS) is 1. The molecule has 1 unspecified atom stereocenters. The van der Waals surface area contributed by atoms with Crippen LogP contribution < -0.4 is 34.7 Å². The number of carbonyl (C=O) groups is 1. The fourth-order valence-corrected chi connectivity index (χ4v) is 2.08. The van der Waals surface area contributed by atoms with Gasteiger partial charge in [-0.15, -0.1) is 0 Å². The molecule has 8 nitrogen and oxygen atoms in total. The van der Waals surface area contributed by atoms with Crippen molar-refractivity contribution in [3.63, 3.8) is 0 Å². The summed E-state index contributed by atoms with van der Waals surface area (Å²) in [5.74, 6) is -3.11. The third-order valence-electron chi connectivity index (χ3n) is 2.30. The normalized spacial score (nSPS) is 11.3. The molecule has 2 rings (SSSR count). The van der Waals surface area contributed by atoms with Crippen LogP contribution >= 0.6 is 11.7 Å². The Balaban J connectivity index is 0.00000180. The molecule has 90 valence electrons. The first-order chi connectivity index (χ1) is 8.56. The van der Waals surface area contributed by atoms with E-state index < -0.39 is 16.8 Å². The van der Waals surface area contributed by atoms with Crippen LogP contribution in [-0.4, -0.2) is 19.6 Å². The topological polar surface area (TPSA) is 133 Å². The fourth-order valence-electron chi connectivity index (χ4n) is 1.50. The number of non-ortho nitro benzene ring substituents is 1. The number of nitriles is 1. The number of hydrogen-bond donors (Lipinski definition) is 0. The van der Waals surface area contributed by atoms with Crippen molar-refractivity contribution in [3.05, 3.63) is 27.8 Å². The maximum absolute atomic E-state index is 10.8. The minimum atomic E-state index is -1.58. The number of nitro benzene ring substituents is 1. The van der Waals surface area contributed by atoms with Gasteiger partial charge in [0.2, 0.25) is 0 Å². The molecule has 0 aliphatic heterocycles. The van der Waals surface area contributed by atoms with Crippen LogP contribution in [0.5, 0.6) is 0 Å². The molecule has 0 fully saturated rings. The quantitative estimate of drug-likeness (QED) is 0.332. The summed E-state index contributed by atoms with van der Waals surface area (Å²) in [4.78, 5) is 20.9. The van der Waals surface area contributed by atoms with Gasteiger partial charge >= 0.3 is 29.6 Å². The minimum absolute atomic E-state index is 0. The summed E-state index contributed by atoms with van der Waals surface area (Å²) < 4.78 is 7.54. The summed E-state index contributed by atoms with van der Waals surface area (Å²) in [6.45, 7) is 0. The molecule has 0 radical (unpaired) electrons. The van der Waals surface area contributed by atoms with Crippen LogP contribution in [0.2, 0.25) is 0 Å². The molecule has 0 aliphatic carbocycles. The second-order valence-electron chi connectivity index (χ2n) is 3.27. The Labute approximate surface area is 132 Å². The van der Waals surface area contributed by atoms with Crippen molar-refractivity contribution in [1.29, 1.82) is 5.26 Å². The molecular weight excluding hydrogens is 283 g/mol. The Hall–Kier alpha value is -1.60. The molecule has 1 atom stereocenters. The molecule has 0 N–H and O–H groups in total. The van der Waals surface area contributed by atoms with Crippen molar-refractivity contribution in [2.24, 2.45) is 0 Å². The number of nitro groups is 1. The number of aliphatic carboxylic acids is 1. The largest absolute Gasteiger partial charge is 1.00 e. The van der Waals surface area contributed by atoms with E-state index in [1.54, 1.807) is 6.07 Å². The third-order valence-corrected chi connectivity index (χ3v) is 2.83. The van der Waals surface area contributed by atoms with Gasteiger partial charge in [0, 0.05) is 11.6 Å². The van der Waals surface area contributed by atoms with Gasteiger partial charge in [0.05, 0.1) is 28.7 Å². The molecule has 2 aromatic rings. The number of fused-ring (bicyclic) bond motifs is 1. The number of nitrogens with zero attached hydrogens (tertiary/aromatic N) is 4. The van der Waals surface area contributed by atoms with E-state index in [1.165, 1.54) is 6.07 Å². The number of benzene rings is 1. The molecule has 10 heteroatoms. The van der Waals surface area contributed by atoms with Gasteiger partial charge in [-0.1, -0.05) is 0 Å². The van der Waals surface area contributed by atoms with Gasteiger partial charge in [0.15, 0.2) is 5.52 Å². The summed E-state index contributed by atoms with van der Waals surface area (Å²) in [7, 11) is 0. The van der Waals surface area contributed by atoms with Crippen LogP contribution in [0.3, 0.4) is 0 Å². The monoisotopic (exact) mass is 286 g/mol. The zero-order chi connectivity index (χ0) is 13.3. The summed E-state index contributed by atoms with van der Waals surface area (Å²) in [5.41, 5.74) is -0.210. The summed E-state index contributed by atoms with van der Waals surface area (Å²) in [6, 6.07) is 3.84. The molecule has 0 saturated heterocycles. The van der Waals surface area contributed by atoms with Crippen LogP contribution in [-0.2, 0) is 4.79 Å². The fraction of sp³-hybridized carbons (Fsp3) is 0.111. The smallest absolute Gasteiger partial charge is 0.548 e. The van der Waals surface area contributed by atoms with E-state index in [1.807, 2.05) is 0 Å². The predicted octanol–water partition coefficient (Wildman–Crippen LogP) is -3.04. The Morgan fingerprint density at radius 3 is 2.58 bits per heavy atom. The van der Waals surface area contributed by atoms with E-state index >= 15 is 0 Å². The van der Waals surface area contributed by atoms with E-state index in [2.05, 4.69) is 8.75 Å². The van der Waals surface area contributed by atoms with E-state index in [0.717, 1.165) is 6.07 Å². The molecular formula is C9H3N4NaO4S. The minimum Gasteiger partial charge on any atom is -0.548 e. The first-order valence-electron chi connectivity index (χ1n) is 4.56. The number of hydrogen-bond acceptors (Lipinski definition) is 8. The van der Waals surface area contributed by atoms with Crippen LogP contribution in [0.4, 0.5) is 5.69 Å². The Morgan fingerprint density at radius 1 is 1.42 bits per heavy atom. The third kappa shape index (κ3) is 2.71. The number of aromatic nitrogens is 2. The van der Waals surface area contributed by atoms with Gasteiger partial charge in [-0.2, -0.15) is 14.0 Å². The Morgan fingerprint density at radius 2 is 2.05 bits per heavy atom. The predicted molar refractivity (Wildman–Crippen MR) is 57.4 cm³/mol. The van der Waals surface area contributed by atoms with Gasteiger partial charge in [-0.05, 0) is 6.07 Å². The van der Waals surface area contributed by atoms with Gasteiger partial charge in [0.1, 0.15) is 11.4 Å². The van der Waals surface area contributed by atoms with Gasteiger partial charge in [-0.3, -0.25) is 10.1 Å². The molecule has 1 aromatic carbocycles. The summed E-state index contributed by atoms with van der Waals surface area (Å²) >= 11 is 0.711. The molecule has 0 spiro atoms. The van der Waals surface area contributed by atoms with Crippen LogP contribution in [0.1, 0.15) is 11.5 Å². The maximum atomic E-state index is 10.8. The second kappa shape index (κ2) is 6.03. The van der Waals surface area contributed by atoms with E-state index in [-0.39, 0.29) is 51.8 Å². The molecule has 19 heavy (non-hydrogen) atoms. The van der Waals surface area contributed by atoms with Crippen molar-refractivity contribution >= 4 is 34.4 Å². The molecule has 1 heterocycles. The SMILES string of the molecule is N#CC(C(=O)[O-])c1ccc([N+](=O)[O-])c2nsnc12.[Na+]. The van der Waals surface area contributed by atoms with Gasteiger partial charge in [0.25, 0.3) is 5.69 Å². The van der Waals surface area contributed by atoms with Crippen LogP contribution in [0.25, 0.3) is 11.0 Å². The molecule has 0 amide bonds. The van der Waals surface area contributed by atoms with Crippen molar-refractivity contribution in [1.82, 2.24) is 8.75 Å². The number of carbonyl (C=O) groups excluding carboxylic acids is 1. The maximum Gasteiger partial charge on any atom is 1.00 e. The second-order valence-corrected chi connectivity index (χ2v) is 3.80. The number of rotatable bonds is 3. The standard InChI is InChI=1S/C9H4N4O4S.Na/c10-3-5(9(14)15)4-1-2-6(13(16)17)8-7(4)11-18-12-8;/h1-2,5H,(H,14,15);/q;+1/p-1. The zero-order valence-corrected chi connectivity index (χ0v) is 12.4. The van der Waals surface area contributed by atoms with E-state index in [9.17, 15) is 20.0 Å². The van der Waals surface area contributed by atoms with E-state index in [4.69, 9.17) is 5.26 Å². The first kappa shape index (κ1) is 15.5. The summed E-state index contributed by atoms with van der Waals surface area (Å²) in [6.07, 6.45) is 0. The Bertz CT molecular complexity index is 695. The van der Waals surface area contributed by atoms with Crippen molar-refractivity contribution in [3.8, 4) is 6.07 Å². The molecule has 0 bridgehead atoms. The van der Waals surface area contributed by atoms with Crippen LogP contribution in [0, 0.1) is 21.4 Å². The summed E-state index contributed by atoms with van der Waals surface area (Å²) in [5, 5.41) is 30.3. The van der Waals surface area contributed by atoms with Gasteiger partial charge in [-0.25, -0.2) is 0 Å². The Kier molecular flexibility index (Phi) is 4.90. The van der Waals surface area contributed by atoms with Crippen molar-refractivity contribution in [2.45, 2.75) is 5.92 Å². The van der Waals surface area contributed by atoms with Gasteiger partial charge < -0.3 is 9.90 Å². The zero-order valence-electron chi connectivity index (χ0n) is 9.56. The molecule has 0 saturated carbocycles. The molecule has 1 aromatic heterocycles. The average molecular weight is 286 g/mol. The van der Waals surface area contributed by atoms with Crippen molar-refractivity contribution < 1.29 is 44.4 Å². The average Bonchev–Trinajstić information content (AvgIpc) is 2.78. The number of carboxylic acids is 1. The van der Waals surface area contributed by atoms with E-state index in [0.29, 0.717) is 11.7 Å². The molecule has 0 aliphatic rings.